The summed E-state index contributed by atoms with van der Waals surface area (Å²) in [6, 6.07) is 10.6. The molecule has 1 unspecified atom stereocenters. The molecule has 2 aromatic carbocycles. The van der Waals surface area contributed by atoms with Gasteiger partial charge in [-0.3, -0.25) is 0 Å². The Morgan fingerprint density at radius 2 is 2.00 bits per heavy atom. The van der Waals surface area contributed by atoms with Gasteiger partial charge in [0.25, 0.3) is 0 Å². The van der Waals surface area contributed by atoms with Crippen molar-refractivity contribution in [3.8, 4) is 5.75 Å². The highest BCUT2D eigenvalue weighted by molar-refractivity contribution is 7.99. The number of thioether (sulfide) groups is 1. The molecular weight excluding hydrogens is 280 g/mol. The smallest absolute Gasteiger partial charge is 0.165 e. The zero-order valence-corrected chi connectivity index (χ0v) is 11.8. The number of benzene rings is 2. The van der Waals surface area contributed by atoms with Crippen LogP contribution in [0, 0.1) is 11.6 Å². The second-order valence-electron chi connectivity index (χ2n) is 4.27. The average molecular weight is 295 g/mol. The van der Waals surface area contributed by atoms with Gasteiger partial charge in [-0.25, -0.2) is 8.78 Å². The van der Waals surface area contributed by atoms with Crippen molar-refractivity contribution in [3.63, 3.8) is 0 Å². The van der Waals surface area contributed by atoms with Gasteiger partial charge in [-0.1, -0.05) is 12.1 Å². The first-order valence-electron chi connectivity index (χ1n) is 6.07. The van der Waals surface area contributed by atoms with Crippen LogP contribution in [0.2, 0.25) is 0 Å². The number of hydrogen-bond acceptors (Lipinski definition) is 3. The second-order valence-corrected chi connectivity index (χ2v) is 5.36. The maximum atomic E-state index is 13.6. The van der Waals surface area contributed by atoms with Gasteiger partial charge in [-0.05, 0) is 35.9 Å². The van der Waals surface area contributed by atoms with E-state index in [1.807, 2.05) is 6.07 Å². The van der Waals surface area contributed by atoms with Gasteiger partial charge in [-0.15, -0.1) is 11.8 Å². The molecule has 0 radical (unpaired) electrons. The molecule has 0 aliphatic carbocycles. The first-order chi connectivity index (χ1) is 9.60. The molecule has 0 saturated carbocycles. The van der Waals surface area contributed by atoms with Crippen LogP contribution in [0.4, 0.5) is 8.78 Å². The Kier molecular flexibility index (Phi) is 4.98. The molecule has 0 saturated heterocycles. The van der Waals surface area contributed by atoms with Gasteiger partial charge in [0.05, 0.1) is 7.11 Å². The summed E-state index contributed by atoms with van der Waals surface area (Å²) < 4.78 is 31.5. The molecule has 0 amide bonds. The molecule has 1 atom stereocenters. The van der Waals surface area contributed by atoms with Crippen molar-refractivity contribution in [2.24, 2.45) is 5.73 Å². The lowest BCUT2D eigenvalue weighted by atomic mass is 10.1. The SMILES string of the molecule is COc1ccc(C(N)CSc2cccc(F)c2)cc1F. The number of nitrogens with two attached hydrogens (primary N) is 1. The van der Waals surface area contributed by atoms with Crippen molar-refractivity contribution in [1.29, 1.82) is 0 Å². The molecule has 2 nitrogen and oxygen atoms in total. The van der Waals surface area contributed by atoms with Crippen LogP contribution in [0.25, 0.3) is 0 Å². The molecule has 0 spiro atoms. The Balaban J connectivity index is 2.01. The molecular formula is C15H15F2NOS. The fourth-order valence-electron chi connectivity index (χ4n) is 1.75. The molecule has 0 bridgehead atoms. The maximum Gasteiger partial charge on any atom is 0.165 e. The lowest BCUT2D eigenvalue weighted by Crippen LogP contribution is -2.13. The lowest BCUT2D eigenvalue weighted by Gasteiger charge is -2.13. The maximum absolute atomic E-state index is 13.6. The summed E-state index contributed by atoms with van der Waals surface area (Å²) in [5.74, 6) is 0.0175. The molecule has 2 N–H and O–H groups in total. The van der Waals surface area contributed by atoms with Gasteiger partial charge < -0.3 is 10.5 Å². The van der Waals surface area contributed by atoms with E-state index in [2.05, 4.69) is 0 Å². The normalized spacial score (nSPS) is 12.2. The van der Waals surface area contributed by atoms with Crippen LogP contribution in [0.3, 0.4) is 0 Å². The predicted octanol–water partition coefficient (Wildman–Crippen LogP) is 3.77. The monoisotopic (exact) mass is 295 g/mol. The Labute approximate surface area is 120 Å². The quantitative estimate of drug-likeness (QED) is 0.853. The Hall–Kier alpha value is -1.59. The molecule has 2 aromatic rings. The summed E-state index contributed by atoms with van der Waals surface area (Å²) >= 11 is 1.43. The highest BCUT2D eigenvalue weighted by Crippen LogP contribution is 2.26. The third kappa shape index (κ3) is 3.71. The minimum Gasteiger partial charge on any atom is -0.494 e. The van der Waals surface area contributed by atoms with E-state index in [1.165, 1.54) is 37.1 Å². The van der Waals surface area contributed by atoms with Crippen molar-refractivity contribution in [2.75, 3.05) is 12.9 Å². The Morgan fingerprint density at radius 3 is 2.65 bits per heavy atom. The van der Waals surface area contributed by atoms with Crippen LogP contribution >= 0.6 is 11.8 Å². The zero-order chi connectivity index (χ0) is 14.5. The first kappa shape index (κ1) is 14.8. The van der Waals surface area contributed by atoms with Gasteiger partial charge in [0.1, 0.15) is 5.82 Å². The summed E-state index contributed by atoms with van der Waals surface area (Å²) in [6.45, 7) is 0. The Morgan fingerprint density at radius 1 is 1.20 bits per heavy atom. The molecule has 5 heteroatoms. The van der Waals surface area contributed by atoms with Crippen molar-refractivity contribution >= 4 is 11.8 Å². The van der Waals surface area contributed by atoms with Gasteiger partial charge in [-0.2, -0.15) is 0 Å². The van der Waals surface area contributed by atoms with Crippen LogP contribution in [0.15, 0.2) is 47.4 Å². The molecule has 0 aliphatic rings. The fourth-order valence-corrected chi connectivity index (χ4v) is 2.69. The summed E-state index contributed by atoms with van der Waals surface area (Å²) in [7, 11) is 1.41. The number of methoxy groups -OCH3 is 1. The van der Waals surface area contributed by atoms with E-state index in [1.54, 1.807) is 18.2 Å². The van der Waals surface area contributed by atoms with Crippen molar-refractivity contribution in [1.82, 2.24) is 0 Å². The van der Waals surface area contributed by atoms with Crippen molar-refractivity contribution in [3.05, 3.63) is 59.7 Å². The van der Waals surface area contributed by atoms with Gasteiger partial charge in [0, 0.05) is 16.7 Å². The van der Waals surface area contributed by atoms with Gasteiger partial charge in [0.2, 0.25) is 0 Å². The van der Waals surface area contributed by atoms with E-state index in [0.29, 0.717) is 11.3 Å². The molecule has 0 fully saturated rings. The van der Waals surface area contributed by atoms with Crippen LogP contribution in [-0.2, 0) is 0 Å². The minimum absolute atomic E-state index is 0.193. The minimum atomic E-state index is -0.434. The average Bonchev–Trinajstić information content (AvgIpc) is 2.44. The van der Waals surface area contributed by atoms with Crippen LogP contribution in [0.5, 0.6) is 5.75 Å². The van der Waals surface area contributed by atoms with Gasteiger partial charge >= 0.3 is 0 Å². The molecule has 2 rings (SSSR count). The number of ether oxygens (including phenoxy) is 1. The molecule has 106 valence electrons. The van der Waals surface area contributed by atoms with Crippen LogP contribution in [-0.4, -0.2) is 12.9 Å². The molecule has 0 aliphatic heterocycles. The van der Waals surface area contributed by atoms with E-state index in [0.717, 1.165) is 4.90 Å². The Bertz CT molecular complexity index is 592. The number of halogens is 2. The van der Waals surface area contributed by atoms with E-state index in [4.69, 9.17) is 10.5 Å². The number of rotatable bonds is 5. The van der Waals surface area contributed by atoms with E-state index in [-0.39, 0.29) is 17.6 Å². The van der Waals surface area contributed by atoms with Gasteiger partial charge in [0.15, 0.2) is 11.6 Å². The van der Waals surface area contributed by atoms with Crippen molar-refractivity contribution < 1.29 is 13.5 Å². The highest BCUT2D eigenvalue weighted by atomic mass is 32.2. The summed E-state index contributed by atoms with van der Waals surface area (Å²) in [5, 5.41) is 0. The van der Waals surface area contributed by atoms with E-state index in [9.17, 15) is 8.78 Å². The highest BCUT2D eigenvalue weighted by Gasteiger charge is 2.10. The van der Waals surface area contributed by atoms with E-state index < -0.39 is 5.82 Å². The largest absolute Gasteiger partial charge is 0.494 e. The summed E-state index contributed by atoms with van der Waals surface area (Å²) in [6.07, 6.45) is 0. The van der Waals surface area contributed by atoms with E-state index >= 15 is 0 Å². The first-order valence-corrected chi connectivity index (χ1v) is 7.06. The standard InChI is InChI=1S/C15H15F2NOS/c1-19-15-6-5-10(7-13(15)17)14(18)9-20-12-4-2-3-11(16)8-12/h2-8,14H,9,18H2,1H3. The number of hydrogen-bond donors (Lipinski definition) is 1. The lowest BCUT2D eigenvalue weighted by molar-refractivity contribution is 0.386. The second kappa shape index (κ2) is 6.72. The zero-order valence-electron chi connectivity index (χ0n) is 11.0. The summed E-state index contributed by atoms with van der Waals surface area (Å²) in [5.41, 5.74) is 6.71. The third-order valence-corrected chi connectivity index (χ3v) is 3.94. The third-order valence-electron chi connectivity index (χ3n) is 2.83. The molecule has 20 heavy (non-hydrogen) atoms. The molecule has 0 heterocycles. The topological polar surface area (TPSA) is 35.2 Å². The predicted molar refractivity (Wildman–Crippen MR) is 77.0 cm³/mol. The molecule has 0 aromatic heterocycles. The van der Waals surface area contributed by atoms with Crippen LogP contribution < -0.4 is 10.5 Å². The fraction of sp³-hybridized carbons (Fsp3) is 0.200. The summed E-state index contributed by atoms with van der Waals surface area (Å²) in [4.78, 5) is 0.800. The van der Waals surface area contributed by atoms with Crippen molar-refractivity contribution in [2.45, 2.75) is 10.9 Å². The van der Waals surface area contributed by atoms with Crippen LogP contribution in [0.1, 0.15) is 11.6 Å².